The van der Waals surface area contributed by atoms with Crippen molar-refractivity contribution >= 4 is 17.3 Å². The van der Waals surface area contributed by atoms with E-state index in [1.807, 2.05) is 91.8 Å². The van der Waals surface area contributed by atoms with Crippen LogP contribution in [0.25, 0.3) is 0 Å². The van der Waals surface area contributed by atoms with Gasteiger partial charge in [0, 0.05) is 25.5 Å². The van der Waals surface area contributed by atoms with Gasteiger partial charge in [-0.05, 0) is 53.8 Å². The summed E-state index contributed by atoms with van der Waals surface area (Å²) in [4.78, 5) is 15.1. The summed E-state index contributed by atoms with van der Waals surface area (Å²) >= 11 is 0. The zero-order chi connectivity index (χ0) is 21.5. The van der Waals surface area contributed by atoms with Crippen LogP contribution < -0.4 is 15.0 Å². The number of rotatable bonds is 8. The third kappa shape index (κ3) is 5.63. The molecule has 0 spiro atoms. The molecular formula is C26H30N2O2. The Bertz CT molecular complexity index is 964. The van der Waals surface area contributed by atoms with Crippen molar-refractivity contribution in [1.82, 2.24) is 0 Å². The van der Waals surface area contributed by atoms with Gasteiger partial charge >= 0.3 is 0 Å². The Morgan fingerprint density at radius 2 is 1.63 bits per heavy atom. The summed E-state index contributed by atoms with van der Waals surface area (Å²) in [7, 11) is 3.98. The normalized spacial score (nSPS) is 10.7. The van der Waals surface area contributed by atoms with Crippen LogP contribution in [-0.4, -0.2) is 20.0 Å². The summed E-state index contributed by atoms with van der Waals surface area (Å²) in [6, 6.07) is 23.6. The van der Waals surface area contributed by atoms with E-state index >= 15 is 0 Å². The molecule has 1 amide bonds. The highest BCUT2D eigenvalue weighted by Gasteiger charge is 2.18. The van der Waals surface area contributed by atoms with Crippen LogP contribution in [0.1, 0.15) is 35.3 Å². The lowest BCUT2D eigenvalue weighted by molar-refractivity contribution is 0.102. The zero-order valence-electron chi connectivity index (χ0n) is 18.2. The van der Waals surface area contributed by atoms with Crippen molar-refractivity contribution < 1.29 is 9.53 Å². The van der Waals surface area contributed by atoms with Gasteiger partial charge < -0.3 is 15.0 Å². The molecule has 3 rings (SSSR count). The van der Waals surface area contributed by atoms with Crippen LogP contribution >= 0.6 is 0 Å². The molecule has 0 radical (unpaired) electrons. The number of carbonyl (C=O) groups is 1. The van der Waals surface area contributed by atoms with Gasteiger partial charge in [-0.15, -0.1) is 0 Å². The number of benzene rings is 3. The van der Waals surface area contributed by atoms with Crippen molar-refractivity contribution in [2.24, 2.45) is 5.92 Å². The fraction of sp³-hybridized carbons (Fsp3) is 0.269. The van der Waals surface area contributed by atoms with E-state index in [-0.39, 0.29) is 5.91 Å². The SMILES string of the molecule is CC(C)Cc1cccc(C(=O)Nc2ccc(N(C)C)cc2)c1OCc1ccccc1. The van der Waals surface area contributed by atoms with Crippen LogP contribution in [0, 0.1) is 5.92 Å². The van der Waals surface area contributed by atoms with E-state index in [0.717, 1.165) is 28.9 Å². The fourth-order valence-corrected chi connectivity index (χ4v) is 3.31. The minimum absolute atomic E-state index is 0.165. The number of para-hydroxylation sites is 1. The lowest BCUT2D eigenvalue weighted by Crippen LogP contribution is -2.15. The first-order valence-electron chi connectivity index (χ1n) is 10.3. The summed E-state index contributed by atoms with van der Waals surface area (Å²) in [6.07, 6.45) is 0.850. The summed E-state index contributed by atoms with van der Waals surface area (Å²) in [6.45, 7) is 4.76. The lowest BCUT2D eigenvalue weighted by atomic mass is 9.99. The first-order chi connectivity index (χ1) is 14.4. The van der Waals surface area contributed by atoms with Gasteiger partial charge in [0.1, 0.15) is 12.4 Å². The fourth-order valence-electron chi connectivity index (χ4n) is 3.31. The number of ether oxygens (including phenoxy) is 1. The Morgan fingerprint density at radius 3 is 2.27 bits per heavy atom. The summed E-state index contributed by atoms with van der Waals surface area (Å²) in [5.74, 6) is 0.958. The Hall–Kier alpha value is -3.27. The number of hydrogen-bond donors (Lipinski definition) is 1. The average molecular weight is 403 g/mol. The molecule has 0 aliphatic carbocycles. The van der Waals surface area contributed by atoms with E-state index in [2.05, 4.69) is 19.2 Å². The molecule has 0 bridgehead atoms. The maximum atomic E-state index is 13.1. The summed E-state index contributed by atoms with van der Waals surface area (Å²) < 4.78 is 6.20. The molecule has 156 valence electrons. The third-order valence-corrected chi connectivity index (χ3v) is 4.84. The van der Waals surface area contributed by atoms with Crippen LogP contribution in [-0.2, 0) is 13.0 Å². The van der Waals surface area contributed by atoms with Crippen LogP contribution in [0.15, 0.2) is 72.8 Å². The summed E-state index contributed by atoms with van der Waals surface area (Å²) in [5.41, 5.74) is 4.52. The first kappa shape index (κ1) is 21.4. The molecule has 0 aliphatic rings. The van der Waals surface area contributed by atoms with Gasteiger partial charge in [0.05, 0.1) is 5.56 Å². The Morgan fingerprint density at radius 1 is 0.933 bits per heavy atom. The largest absolute Gasteiger partial charge is 0.488 e. The molecule has 0 saturated heterocycles. The maximum Gasteiger partial charge on any atom is 0.259 e. The number of nitrogens with one attached hydrogen (secondary N) is 1. The Labute approximate surface area is 179 Å². The predicted molar refractivity (Wildman–Crippen MR) is 124 cm³/mol. The quantitative estimate of drug-likeness (QED) is 0.519. The highest BCUT2D eigenvalue weighted by Crippen LogP contribution is 2.29. The van der Waals surface area contributed by atoms with Crippen molar-refractivity contribution in [2.45, 2.75) is 26.9 Å². The third-order valence-electron chi connectivity index (χ3n) is 4.84. The van der Waals surface area contributed by atoms with Crippen molar-refractivity contribution in [3.63, 3.8) is 0 Å². The van der Waals surface area contributed by atoms with E-state index in [9.17, 15) is 4.79 Å². The van der Waals surface area contributed by atoms with Gasteiger partial charge in [-0.3, -0.25) is 4.79 Å². The molecule has 0 unspecified atom stereocenters. The molecule has 3 aromatic rings. The second-order valence-corrected chi connectivity index (χ2v) is 8.06. The number of carbonyl (C=O) groups excluding carboxylic acids is 1. The molecule has 0 aromatic heterocycles. The molecule has 0 fully saturated rings. The molecule has 4 nitrogen and oxygen atoms in total. The molecule has 4 heteroatoms. The number of anilines is 2. The molecule has 0 saturated carbocycles. The summed E-state index contributed by atoms with van der Waals surface area (Å²) in [5, 5.41) is 3.01. The van der Waals surface area contributed by atoms with Crippen molar-refractivity contribution in [1.29, 1.82) is 0 Å². The predicted octanol–water partition coefficient (Wildman–Crippen LogP) is 5.78. The van der Waals surface area contributed by atoms with E-state index < -0.39 is 0 Å². The van der Waals surface area contributed by atoms with Gasteiger partial charge in [0.2, 0.25) is 0 Å². The number of amides is 1. The molecule has 0 atom stereocenters. The van der Waals surface area contributed by atoms with Crippen LogP contribution in [0.5, 0.6) is 5.75 Å². The van der Waals surface area contributed by atoms with Crippen molar-refractivity contribution in [2.75, 3.05) is 24.3 Å². The highest BCUT2D eigenvalue weighted by molar-refractivity contribution is 6.06. The minimum Gasteiger partial charge on any atom is -0.488 e. The van der Waals surface area contributed by atoms with E-state index in [1.165, 1.54) is 0 Å². The smallest absolute Gasteiger partial charge is 0.259 e. The Kier molecular flexibility index (Phi) is 7.12. The second kappa shape index (κ2) is 9.97. The van der Waals surface area contributed by atoms with Crippen LogP contribution in [0.4, 0.5) is 11.4 Å². The van der Waals surface area contributed by atoms with E-state index in [4.69, 9.17) is 4.74 Å². The maximum absolute atomic E-state index is 13.1. The zero-order valence-corrected chi connectivity index (χ0v) is 18.2. The number of nitrogens with zero attached hydrogens (tertiary/aromatic N) is 1. The monoisotopic (exact) mass is 402 g/mol. The minimum atomic E-state index is -0.165. The topological polar surface area (TPSA) is 41.6 Å². The molecule has 1 N–H and O–H groups in total. The average Bonchev–Trinajstić information content (AvgIpc) is 2.73. The van der Waals surface area contributed by atoms with E-state index in [0.29, 0.717) is 23.8 Å². The van der Waals surface area contributed by atoms with Gasteiger partial charge in [0.25, 0.3) is 5.91 Å². The molecule has 30 heavy (non-hydrogen) atoms. The standard InChI is InChI=1S/C26H30N2O2/c1-19(2)17-21-11-8-12-24(25(21)30-18-20-9-6-5-7-10-20)26(29)27-22-13-15-23(16-14-22)28(3)4/h5-16,19H,17-18H2,1-4H3,(H,27,29). The van der Waals surface area contributed by atoms with Gasteiger partial charge in [-0.1, -0.05) is 56.3 Å². The molecule has 3 aromatic carbocycles. The van der Waals surface area contributed by atoms with Gasteiger partial charge in [-0.25, -0.2) is 0 Å². The Balaban J connectivity index is 1.85. The molecule has 0 aliphatic heterocycles. The van der Waals surface area contributed by atoms with Crippen molar-refractivity contribution in [3.8, 4) is 5.75 Å². The first-order valence-corrected chi connectivity index (χ1v) is 10.3. The second-order valence-electron chi connectivity index (χ2n) is 8.06. The van der Waals surface area contributed by atoms with E-state index in [1.54, 1.807) is 0 Å². The molecular weight excluding hydrogens is 372 g/mol. The van der Waals surface area contributed by atoms with Gasteiger partial charge in [0.15, 0.2) is 0 Å². The van der Waals surface area contributed by atoms with Crippen molar-refractivity contribution in [3.05, 3.63) is 89.5 Å². The number of hydrogen-bond acceptors (Lipinski definition) is 3. The van der Waals surface area contributed by atoms with Crippen LogP contribution in [0.3, 0.4) is 0 Å². The lowest BCUT2D eigenvalue weighted by Gasteiger charge is -2.18. The van der Waals surface area contributed by atoms with Crippen LogP contribution in [0.2, 0.25) is 0 Å². The highest BCUT2D eigenvalue weighted by atomic mass is 16.5. The van der Waals surface area contributed by atoms with Gasteiger partial charge in [-0.2, -0.15) is 0 Å². The molecule has 0 heterocycles.